The van der Waals surface area contributed by atoms with Crippen LogP contribution in [0.2, 0.25) is 0 Å². The number of nitrogens with one attached hydrogen (secondary N) is 2. The lowest BCUT2D eigenvalue weighted by atomic mass is 10.1. The molecule has 2 aromatic rings. The number of aromatic nitrogens is 2. The Morgan fingerprint density at radius 3 is 2.65 bits per heavy atom. The zero-order valence-corrected chi connectivity index (χ0v) is 20.5. The first kappa shape index (κ1) is 23.6. The molecular formula is C23H33IN6O. The van der Waals surface area contributed by atoms with E-state index < -0.39 is 0 Å². The smallest absolute Gasteiger partial charge is 0.225 e. The molecule has 168 valence electrons. The molecular weight excluding hydrogens is 503 g/mol. The molecule has 0 radical (unpaired) electrons. The van der Waals surface area contributed by atoms with Gasteiger partial charge >= 0.3 is 0 Å². The van der Waals surface area contributed by atoms with E-state index in [2.05, 4.69) is 45.0 Å². The van der Waals surface area contributed by atoms with Crippen LogP contribution in [-0.4, -0.2) is 59.3 Å². The van der Waals surface area contributed by atoms with E-state index in [1.165, 1.54) is 18.4 Å². The number of nitrogens with zero attached hydrogens (tertiary/aromatic N) is 4. The van der Waals surface area contributed by atoms with Gasteiger partial charge in [0.15, 0.2) is 5.96 Å². The molecule has 7 nitrogen and oxygen atoms in total. The van der Waals surface area contributed by atoms with Crippen LogP contribution in [0.15, 0.2) is 47.7 Å². The van der Waals surface area contributed by atoms with Crippen LogP contribution in [0.4, 0.5) is 0 Å². The molecule has 2 N–H and O–H groups in total. The van der Waals surface area contributed by atoms with E-state index in [-0.39, 0.29) is 35.9 Å². The number of hydrogen-bond acceptors (Lipinski definition) is 3. The van der Waals surface area contributed by atoms with E-state index in [0.29, 0.717) is 5.91 Å². The molecule has 2 fully saturated rings. The number of halogens is 1. The first-order chi connectivity index (χ1) is 14.7. The number of carbonyl (C=O) groups is 1. The summed E-state index contributed by atoms with van der Waals surface area (Å²) in [7, 11) is 1.80. The van der Waals surface area contributed by atoms with Gasteiger partial charge in [0.25, 0.3) is 0 Å². The van der Waals surface area contributed by atoms with Gasteiger partial charge in [-0.25, -0.2) is 4.68 Å². The maximum Gasteiger partial charge on any atom is 0.225 e. The van der Waals surface area contributed by atoms with Crippen molar-refractivity contribution in [2.24, 2.45) is 10.9 Å². The van der Waals surface area contributed by atoms with Crippen LogP contribution in [0, 0.1) is 5.92 Å². The van der Waals surface area contributed by atoms with Crippen molar-refractivity contribution in [2.45, 2.75) is 44.6 Å². The quantitative estimate of drug-likeness (QED) is 0.338. The van der Waals surface area contributed by atoms with E-state index >= 15 is 0 Å². The number of hydrogen-bond donors (Lipinski definition) is 2. The van der Waals surface area contributed by atoms with Crippen molar-refractivity contribution in [2.75, 3.05) is 26.7 Å². The van der Waals surface area contributed by atoms with Crippen LogP contribution < -0.4 is 10.6 Å². The van der Waals surface area contributed by atoms with E-state index in [9.17, 15) is 4.79 Å². The van der Waals surface area contributed by atoms with Gasteiger partial charge in [-0.2, -0.15) is 5.10 Å². The molecule has 2 aliphatic rings. The molecule has 1 aromatic carbocycles. The SMILES string of the molecule is CN=C(NCCc1ccc(-n2cccn2)cc1)NC1CCN(C(=O)C2CCCC2)C1.I. The Kier molecular flexibility index (Phi) is 8.74. The van der Waals surface area contributed by atoms with Gasteiger partial charge in [0, 0.05) is 51.0 Å². The van der Waals surface area contributed by atoms with Gasteiger partial charge < -0.3 is 15.5 Å². The number of benzene rings is 1. The average Bonchev–Trinajstić information content (AvgIpc) is 3.56. The standard InChI is InChI=1S/C23H32N6O.HI/c1-24-23(27-20-12-16-28(17-20)22(30)19-5-2-3-6-19)25-14-11-18-7-9-21(10-8-18)29-15-4-13-26-29;/h4,7-10,13,15,19-20H,2-3,5-6,11-12,14,16-17H2,1H3,(H2,24,25,27);1H. The van der Waals surface area contributed by atoms with Crippen LogP contribution in [0.25, 0.3) is 5.69 Å². The molecule has 1 amide bonds. The van der Waals surface area contributed by atoms with Crippen molar-refractivity contribution in [3.05, 3.63) is 48.3 Å². The van der Waals surface area contributed by atoms with Crippen molar-refractivity contribution in [3.63, 3.8) is 0 Å². The highest BCUT2D eigenvalue weighted by atomic mass is 127. The fourth-order valence-corrected chi connectivity index (χ4v) is 4.46. The van der Waals surface area contributed by atoms with Gasteiger partial charge in [-0.15, -0.1) is 24.0 Å². The molecule has 2 heterocycles. The summed E-state index contributed by atoms with van der Waals surface area (Å²) in [5.74, 6) is 1.43. The monoisotopic (exact) mass is 536 g/mol. The highest BCUT2D eigenvalue weighted by Crippen LogP contribution is 2.27. The average molecular weight is 536 g/mol. The summed E-state index contributed by atoms with van der Waals surface area (Å²) in [5, 5.41) is 11.1. The third kappa shape index (κ3) is 6.21. The van der Waals surface area contributed by atoms with Crippen LogP contribution in [0.5, 0.6) is 0 Å². The van der Waals surface area contributed by atoms with E-state index in [0.717, 1.165) is 57.0 Å². The number of rotatable bonds is 6. The Morgan fingerprint density at radius 2 is 1.97 bits per heavy atom. The molecule has 0 bridgehead atoms. The summed E-state index contributed by atoms with van der Waals surface area (Å²) in [5.41, 5.74) is 2.33. The van der Waals surface area contributed by atoms with E-state index in [1.54, 1.807) is 13.2 Å². The summed E-state index contributed by atoms with van der Waals surface area (Å²) in [6.45, 7) is 2.44. The Balaban J connectivity index is 0.00000272. The molecule has 0 spiro atoms. The lowest BCUT2D eigenvalue weighted by Gasteiger charge is -2.21. The van der Waals surface area contributed by atoms with Crippen LogP contribution in [0.3, 0.4) is 0 Å². The van der Waals surface area contributed by atoms with Crippen molar-refractivity contribution >= 4 is 35.8 Å². The first-order valence-electron chi connectivity index (χ1n) is 11.1. The van der Waals surface area contributed by atoms with Crippen molar-refractivity contribution in [1.82, 2.24) is 25.3 Å². The van der Waals surface area contributed by atoms with E-state index in [1.807, 2.05) is 21.8 Å². The minimum Gasteiger partial charge on any atom is -0.356 e. The molecule has 1 aliphatic heterocycles. The van der Waals surface area contributed by atoms with Gasteiger partial charge in [0.1, 0.15) is 0 Å². The van der Waals surface area contributed by atoms with Crippen LogP contribution >= 0.6 is 24.0 Å². The summed E-state index contributed by atoms with van der Waals surface area (Å²) < 4.78 is 1.86. The van der Waals surface area contributed by atoms with Gasteiger partial charge in [0.05, 0.1) is 5.69 Å². The molecule has 1 aliphatic carbocycles. The predicted octanol–water partition coefficient (Wildman–Crippen LogP) is 2.99. The number of amides is 1. The van der Waals surface area contributed by atoms with Gasteiger partial charge in [-0.3, -0.25) is 9.79 Å². The molecule has 1 saturated carbocycles. The maximum absolute atomic E-state index is 12.6. The van der Waals surface area contributed by atoms with Gasteiger partial charge in [-0.1, -0.05) is 25.0 Å². The fourth-order valence-electron chi connectivity index (χ4n) is 4.46. The summed E-state index contributed by atoms with van der Waals surface area (Å²) >= 11 is 0. The summed E-state index contributed by atoms with van der Waals surface area (Å²) in [6, 6.07) is 10.6. The summed E-state index contributed by atoms with van der Waals surface area (Å²) in [6.07, 6.45) is 10.2. The zero-order valence-electron chi connectivity index (χ0n) is 18.2. The normalized spacial score (nSPS) is 19.3. The third-order valence-electron chi connectivity index (χ3n) is 6.18. The number of guanidine groups is 1. The molecule has 8 heteroatoms. The molecule has 1 unspecified atom stereocenters. The molecule has 31 heavy (non-hydrogen) atoms. The first-order valence-corrected chi connectivity index (χ1v) is 11.1. The minimum absolute atomic E-state index is 0. The van der Waals surface area contributed by atoms with Crippen molar-refractivity contribution < 1.29 is 4.79 Å². The lowest BCUT2D eigenvalue weighted by Crippen LogP contribution is -2.45. The maximum atomic E-state index is 12.6. The highest BCUT2D eigenvalue weighted by Gasteiger charge is 2.32. The Bertz CT molecular complexity index is 845. The number of carbonyl (C=O) groups excluding carboxylic acids is 1. The second kappa shape index (κ2) is 11.5. The Hall–Kier alpha value is -2.10. The lowest BCUT2D eigenvalue weighted by molar-refractivity contribution is -0.134. The highest BCUT2D eigenvalue weighted by molar-refractivity contribution is 14.0. The van der Waals surface area contributed by atoms with Gasteiger partial charge in [-0.05, 0) is 49.4 Å². The second-order valence-electron chi connectivity index (χ2n) is 8.26. The second-order valence-corrected chi connectivity index (χ2v) is 8.26. The molecule has 1 atom stereocenters. The van der Waals surface area contributed by atoms with E-state index in [4.69, 9.17) is 0 Å². The molecule has 1 saturated heterocycles. The summed E-state index contributed by atoms with van der Waals surface area (Å²) in [4.78, 5) is 19.0. The zero-order chi connectivity index (χ0) is 20.8. The number of likely N-dealkylation sites (tertiary alicyclic amines) is 1. The Labute approximate surface area is 201 Å². The third-order valence-corrected chi connectivity index (χ3v) is 6.18. The number of aliphatic imine (C=N–C) groups is 1. The van der Waals surface area contributed by atoms with Crippen molar-refractivity contribution in [1.29, 1.82) is 0 Å². The molecule has 1 aromatic heterocycles. The predicted molar refractivity (Wildman–Crippen MR) is 134 cm³/mol. The molecule has 4 rings (SSSR count). The largest absolute Gasteiger partial charge is 0.356 e. The van der Waals surface area contributed by atoms with Gasteiger partial charge in [0.2, 0.25) is 5.91 Å². The topological polar surface area (TPSA) is 74.6 Å². The Morgan fingerprint density at radius 1 is 1.19 bits per heavy atom. The minimum atomic E-state index is 0. The van der Waals surface area contributed by atoms with Crippen LogP contribution in [-0.2, 0) is 11.2 Å². The fraction of sp³-hybridized carbons (Fsp3) is 0.522. The van der Waals surface area contributed by atoms with Crippen molar-refractivity contribution in [3.8, 4) is 5.69 Å². The van der Waals surface area contributed by atoms with Crippen LogP contribution in [0.1, 0.15) is 37.7 Å².